The third kappa shape index (κ3) is 2.30. The summed E-state index contributed by atoms with van der Waals surface area (Å²) in [5.74, 6) is -1.06. The van der Waals surface area contributed by atoms with E-state index in [9.17, 15) is 14.4 Å². The lowest BCUT2D eigenvalue weighted by Crippen LogP contribution is -2.52. The molecule has 1 fully saturated rings. The quantitative estimate of drug-likeness (QED) is 0.748. The van der Waals surface area contributed by atoms with Crippen LogP contribution in [0.2, 0.25) is 0 Å². The van der Waals surface area contributed by atoms with E-state index in [1.165, 1.54) is 0 Å². The molecule has 6 heteroatoms. The Bertz CT molecular complexity index is 478. The number of rotatable bonds is 2. The molecule has 1 N–H and O–H groups in total. The molecule has 0 atom stereocenters. The first kappa shape index (κ1) is 11.3. The van der Waals surface area contributed by atoms with Gasteiger partial charge in [0.05, 0.1) is 12.2 Å². The molecule has 1 aliphatic heterocycles. The van der Waals surface area contributed by atoms with Gasteiger partial charge in [-0.2, -0.15) is 0 Å². The Balaban J connectivity index is 2.19. The molecular formula is C11H11N3O3. The van der Waals surface area contributed by atoms with Crippen LogP contribution in [0.25, 0.3) is 0 Å². The Kier molecular flexibility index (Phi) is 2.86. The Morgan fingerprint density at radius 2 is 2.18 bits per heavy atom. The summed E-state index contributed by atoms with van der Waals surface area (Å²) in [5, 5.41) is 2.10. The van der Waals surface area contributed by atoms with E-state index in [-0.39, 0.29) is 13.0 Å². The van der Waals surface area contributed by atoms with Crippen LogP contribution in [0.3, 0.4) is 0 Å². The highest BCUT2D eigenvalue weighted by Gasteiger charge is 2.31. The molecule has 0 unspecified atom stereocenters. The summed E-state index contributed by atoms with van der Waals surface area (Å²) in [6.07, 6.45) is 1.30. The fraction of sp³-hybridized carbons (Fsp3) is 0.273. The van der Waals surface area contributed by atoms with Gasteiger partial charge in [-0.1, -0.05) is 6.07 Å². The normalized spacial score (nSPS) is 16.1. The van der Waals surface area contributed by atoms with Crippen molar-refractivity contribution in [2.45, 2.75) is 19.9 Å². The van der Waals surface area contributed by atoms with Gasteiger partial charge in [-0.3, -0.25) is 24.8 Å². The van der Waals surface area contributed by atoms with Crippen molar-refractivity contribution in [3.63, 3.8) is 0 Å². The molecule has 0 spiro atoms. The van der Waals surface area contributed by atoms with Crippen molar-refractivity contribution in [1.82, 2.24) is 15.2 Å². The zero-order valence-electron chi connectivity index (χ0n) is 9.27. The van der Waals surface area contributed by atoms with Crippen molar-refractivity contribution in [2.75, 3.05) is 0 Å². The lowest BCUT2D eigenvalue weighted by atomic mass is 10.2. The molecule has 1 aliphatic rings. The smallest absolute Gasteiger partial charge is 0.277 e. The maximum atomic E-state index is 11.5. The van der Waals surface area contributed by atoms with E-state index < -0.39 is 17.8 Å². The number of nitrogens with one attached hydrogen (secondary N) is 1. The molecule has 0 aliphatic carbocycles. The number of aromatic nitrogens is 1. The van der Waals surface area contributed by atoms with Crippen LogP contribution in [0.1, 0.15) is 17.7 Å². The van der Waals surface area contributed by atoms with Crippen molar-refractivity contribution in [3.05, 3.63) is 29.6 Å². The molecule has 17 heavy (non-hydrogen) atoms. The first-order valence-corrected chi connectivity index (χ1v) is 5.12. The first-order chi connectivity index (χ1) is 8.08. The number of amides is 4. The van der Waals surface area contributed by atoms with Crippen LogP contribution in [0.4, 0.5) is 4.79 Å². The second-order valence-electron chi connectivity index (χ2n) is 3.78. The van der Waals surface area contributed by atoms with Gasteiger partial charge >= 0.3 is 6.03 Å². The number of imide groups is 2. The molecule has 0 bridgehead atoms. The molecule has 2 heterocycles. The van der Waals surface area contributed by atoms with Crippen LogP contribution >= 0.6 is 0 Å². The minimum Gasteiger partial charge on any atom is -0.277 e. The van der Waals surface area contributed by atoms with Gasteiger partial charge in [-0.05, 0) is 18.6 Å². The molecule has 0 radical (unpaired) electrons. The minimum absolute atomic E-state index is 0.0879. The molecular weight excluding hydrogens is 222 g/mol. The van der Waals surface area contributed by atoms with Crippen LogP contribution in [0, 0.1) is 6.92 Å². The van der Waals surface area contributed by atoms with Gasteiger partial charge in [0.1, 0.15) is 6.42 Å². The van der Waals surface area contributed by atoms with Gasteiger partial charge in [0.2, 0.25) is 11.8 Å². The number of hydrogen-bond acceptors (Lipinski definition) is 4. The molecule has 4 amide bonds. The minimum atomic E-state index is -0.684. The molecule has 0 saturated carbocycles. The summed E-state index contributed by atoms with van der Waals surface area (Å²) in [6, 6.07) is 2.94. The summed E-state index contributed by atoms with van der Waals surface area (Å²) in [6.45, 7) is 1.93. The van der Waals surface area contributed by atoms with Crippen molar-refractivity contribution in [2.24, 2.45) is 0 Å². The van der Waals surface area contributed by atoms with Gasteiger partial charge in [-0.15, -0.1) is 0 Å². The average molecular weight is 233 g/mol. The summed E-state index contributed by atoms with van der Waals surface area (Å²) in [5.41, 5.74) is 1.54. The van der Waals surface area contributed by atoms with Gasteiger partial charge < -0.3 is 0 Å². The number of nitrogens with zero attached hydrogens (tertiary/aromatic N) is 2. The van der Waals surface area contributed by atoms with E-state index in [2.05, 4.69) is 10.3 Å². The average Bonchev–Trinajstić information content (AvgIpc) is 2.25. The zero-order chi connectivity index (χ0) is 12.4. The van der Waals surface area contributed by atoms with E-state index in [1.807, 2.05) is 13.0 Å². The van der Waals surface area contributed by atoms with Gasteiger partial charge in [0.15, 0.2) is 0 Å². The van der Waals surface area contributed by atoms with Gasteiger partial charge in [-0.25, -0.2) is 4.79 Å². The molecule has 1 aromatic rings. The van der Waals surface area contributed by atoms with Gasteiger partial charge in [0, 0.05) is 6.20 Å². The Morgan fingerprint density at radius 3 is 2.82 bits per heavy atom. The molecule has 6 nitrogen and oxygen atoms in total. The van der Waals surface area contributed by atoms with E-state index in [4.69, 9.17) is 0 Å². The highest BCUT2D eigenvalue weighted by Crippen LogP contribution is 2.11. The summed E-state index contributed by atoms with van der Waals surface area (Å²) in [4.78, 5) is 39.1. The van der Waals surface area contributed by atoms with E-state index in [0.29, 0.717) is 5.69 Å². The lowest BCUT2D eigenvalue weighted by molar-refractivity contribution is -0.136. The Labute approximate surface area is 97.6 Å². The maximum absolute atomic E-state index is 11.5. The monoisotopic (exact) mass is 233 g/mol. The molecule has 2 rings (SSSR count). The molecule has 1 aromatic heterocycles. The Hall–Kier alpha value is -2.24. The van der Waals surface area contributed by atoms with E-state index in [0.717, 1.165) is 10.5 Å². The number of urea groups is 1. The fourth-order valence-corrected chi connectivity index (χ4v) is 1.57. The number of barbiturate groups is 1. The molecule has 1 saturated heterocycles. The second-order valence-corrected chi connectivity index (χ2v) is 3.78. The second kappa shape index (κ2) is 4.32. The van der Waals surface area contributed by atoms with Crippen LogP contribution in [0.5, 0.6) is 0 Å². The number of hydrogen-bond donors (Lipinski definition) is 1. The van der Waals surface area contributed by atoms with Crippen molar-refractivity contribution in [3.8, 4) is 0 Å². The van der Waals surface area contributed by atoms with Crippen LogP contribution in [0.15, 0.2) is 18.3 Å². The predicted molar refractivity (Wildman–Crippen MR) is 57.7 cm³/mol. The molecule has 0 aromatic carbocycles. The largest absolute Gasteiger partial charge is 0.331 e. The number of carbonyl (C=O) groups excluding carboxylic acids is 3. The SMILES string of the molecule is Cc1cccnc1CN1C(=O)CC(=O)NC1=O. The fourth-order valence-electron chi connectivity index (χ4n) is 1.57. The third-order valence-corrected chi connectivity index (χ3v) is 2.53. The zero-order valence-corrected chi connectivity index (χ0v) is 9.27. The summed E-state index contributed by atoms with van der Waals surface area (Å²) in [7, 11) is 0. The standard InChI is InChI=1S/C11H11N3O3/c1-7-3-2-4-12-8(7)6-14-10(16)5-9(15)13-11(14)17/h2-4H,5-6H2,1H3,(H,13,15,17). The first-order valence-electron chi connectivity index (χ1n) is 5.12. The summed E-state index contributed by atoms with van der Waals surface area (Å²) >= 11 is 0. The van der Waals surface area contributed by atoms with Crippen molar-refractivity contribution < 1.29 is 14.4 Å². The van der Waals surface area contributed by atoms with Crippen LogP contribution in [-0.4, -0.2) is 27.7 Å². The maximum Gasteiger partial charge on any atom is 0.331 e. The van der Waals surface area contributed by atoms with Crippen molar-refractivity contribution in [1.29, 1.82) is 0 Å². The van der Waals surface area contributed by atoms with E-state index in [1.54, 1.807) is 12.3 Å². The van der Waals surface area contributed by atoms with Crippen LogP contribution < -0.4 is 5.32 Å². The molecule has 88 valence electrons. The number of pyridine rings is 1. The predicted octanol–water partition coefficient (Wildman–Crippen LogP) is 0.359. The summed E-state index contributed by atoms with van der Waals surface area (Å²) < 4.78 is 0. The lowest BCUT2D eigenvalue weighted by Gasteiger charge is -2.24. The number of aryl methyl sites for hydroxylation is 1. The highest BCUT2D eigenvalue weighted by atomic mass is 16.2. The topological polar surface area (TPSA) is 79.4 Å². The van der Waals surface area contributed by atoms with Gasteiger partial charge in [0.25, 0.3) is 0 Å². The highest BCUT2D eigenvalue weighted by molar-refractivity contribution is 6.13. The van der Waals surface area contributed by atoms with Crippen LogP contribution in [-0.2, 0) is 16.1 Å². The Morgan fingerprint density at radius 1 is 1.41 bits per heavy atom. The van der Waals surface area contributed by atoms with E-state index >= 15 is 0 Å². The third-order valence-electron chi connectivity index (χ3n) is 2.53. The van der Waals surface area contributed by atoms with Crippen molar-refractivity contribution >= 4 is 17.8 Å². The number of carbonyl (C=O) groups is 3.